The summed E-state index contributed by atoms with van der Waals surface area (Å²) in [6.45, 7) is 2.57. The minimum Gasteiger partial charge on any atom is -0.504 e. The summed E-state index contributed by atoms with van der Waals surface area (Å²) >= 11 is 9.63. The van der Waals surface area contributed by atoms with E-state index in [-0.39, 0.29) is 5.75 Å². The Balaban J connectivity index is 2.14. The van der Waals surface area contributed by atoms with Gasteiger partial charge in [0.2, 0.25) is 0 Å². The van der Waals surface area contributed by atoms with Gasteiger partial charge in [-0.3, -0.25) is 0 Å². The molecule has 0 unspecified atom stereocenters. The second kappa shape index (κ2) is 6.37. The summed E-state index contributed by atoms with van der Waals surface area (Å²) in [5.74, 6) is 0.598. The van der Waals surface area contributed by atoms with E-state index in [1.54, 1.807) is 12.1 Å². The van der Waals surface area contributed by atoms with E-state index in [0.29, 0.717) is 12.3 Å². The molecule has 0 bridgehead atoms. The normalized spacial score (nSPS) is 10.4. The average Bonchev–Trinajstić information content (AvgIpc) is 2.43. The van der Waals surface area contributed by atoms with Gasteiger partial charge in [0.05, 0.1) is 12.8 Å². The van der Waals surface area contributed by atoms with Crippen molar-refractivity contribution in [1.82, 2.24) is 0 Å². The van der Waals surface area contributed by atoms with Gasteiger partial charge in [-0.15, -0.1) is 0 Å². The maximum absolute atomic E-state index is 9.56. The van der Waals surface area contributed by atoms with Gasteiger partial charge in [0.1, 0.15) is 0 Å². The fourth-order valence-corrected chi connectivity index (χ4v) is 2.57. The minimum atomic E-state index is 0.135. The van der Waals surface area contributed by atoms with Crippen LogP contribution in [0.4, 0.5) is 5.69 Å². The van der Waals surface area contributed by atoms with Crippen molar-refractivity contribution < 1.29 is 9.84 Å². The van der Waals surface area contributed by atoms with Crippen LogP contribution < -0.4 is 10.1 Å². The lowest BCUT2D eigenvalue weighted by atomic mass is 10.2. The molecule has 0 saturated heterocycles. The molecule has 0 fully saturated rings. The third kappa shape index (κ3) is 3.38. The first-order valence-corrected chi connectivity index (χ1v) is 7.23. The highest BCUT2D eigenvalue weighted by Gasteiger charge is 2.06. The number of benzene rings is 2. The smallest absolute Gasteiger partial charge is 0.160 e. The molecule has 20 heavy (non-hydrogen) atoms. The van der Waals surface area contributed by atoms with Gasteiger partial charge in [0.25, 0.3) is 0 Å². The Hall–Kier alpha value is -1.39. The zero-order valence-electron chi connectivity index (χ0n) is 11.2. The molecule has 0 radical (unpaired) electrons. The first kappa shape index (κ1) is 15.0. The van der Waals surface area contributed by atoms with Crippen molar-refractivity contribution in [2.75, 3.05) is 12.4 Å². The largest absolute Gasteiger partial charge is 0.504 e. The van der Waals surface area contributed by atoms with E-state index in [0.717, 1.165) is 26.3 Å². The van der Waals surface area contributed by atoms with Crippen LogP contribution in [0, 0.1) is 6.92 Å². The van der Waals surface area contributed by atoms with Crippen molar-refractivity contribution in [2.24, 2.45) is 0 Å². The number of hydrogen-bond donors (Lipinski definition) is 2. The van der Waals surface area contributed by atoms with Crippen molar-refractivity contribution in [2.45, 2.75) is 13.5 Å². The van der Waals surface area contributed by atoms with Crippen LogP contribution in [0.3, 0.4) is 0 Å². The minimum absolute atomic E-state index is 0.135. The number of phenols is 1. The van der Waals surface area contributed by atoms with Gasteiger partial charge in [0.15, 0.2) is 11.5 Å². The number of rotatable bonds is 4. The number of phenolic OH excluding ortho intramolecular Hbond substituents is 1. The Labute approximate surface area is 131 Å². The number of aromatic hydroxyl groups is 1. The number of aryl methyl sites for hydroxylation is 1. The second-order valence-corrected chi connectivity index (χ2v) is 5.70. The van der Waals surface area contributed by atoms with Crippen LogP contribution in [0.15, 0.2) is 34.8 Å². The quantitative estimate of drug-likeness (QED) is 0.831. The van der Waals surface area contributed by atoms with Crippen LogP contribution in [0.5, 0.6) is 11.5 Å². The zero-order valence-corrected chi connectivity index (χ0v) is 13.5. The SMILES string of the molecule is COc1cc(CNc2cc(Cl)c(C)cc2Br)ccc1O. The van der Waals surface area contributed by atoms with E-state index in [4.69, 9.17) is 16.3 Å². The van der Waals surface area contributed by atoms with E-state index in [2.05, 4.69) is 21.2 Å². The topological polar surface area (TPSA) is 41.5 Å². The summed E-state index contributed by atoms with van der Waals surface area (Å²) in [6.07, 6.45) is 0. The van der Waals surface area contributed by atoms with Crippen LogP contribution in [0.1, 0.15) is 11.1 Å². The summed E-state index contributed by atoms with van der Waals surface area (Å²) in [5.41, 5.74) is 2.95. The van der Waals surface area contributed by atoms with Crippen LogP contribution in [-0.4, -0.2) is 12.2 Å². The highest BCUT2D eigenvalue weighted by molar-refractivity contribution is 9.10. The summed E-state index contributed by atoms with van der Waals surface area (Å²) in [5, 5.41) is 13.6. The molecule has 0 spiro atoms. The predicted octanol–water partition coefficient (Wildman–Crippen LogP) is 4.74. The lowest BCUT2D eigenvalue weighted by molar-refractivity contribution is 0.373. The van der Waals surface area contributed by atoms with Crippen molar-refractivity contribution >= 4 is 33.2 Å². The number of halogens is 2. The van der Waals surface area contributed by atoms with Crippen molar-refractivity contribution in [3.63, 3.8) is 0 Å². The Morgan fingerprint density at radius 3 is 2.75 bits per heavy atom. The second-order valence-electron chi connectivity index (χ2n) is 4.44. The third-order valence-corrected chi connectivity index (χ3v) is 4.04. The molecule has 0 saturated carbocycles. The number of anilines is 1. The molecule has 0 aliphatic carbocycles. The molecular weight excluding hydrogens is 342 g/mol. The molecule has 2 aromatic rings. The van der Waals surface area contributed by atoms with Crippen LogP contribution in [0.2, 0.25) is 5.02 Å². The summed E-state index contributed by atoms with van der Waals surface area (Å²) < 4.78 is 6.05. The summed E-state index contributed by atoms with van der Waals surface area (Å²) in [4.78, 5) is 0. The fourth-order valence-electron chi connectivity index (χ4n) is 1.81. The molecule has 2 aromatic carbocycles. The lowest BCUT2D eigenvalue weighted by Crippen LogP contribution is -2.01. The van der Waals surface area contributed by atoms with Crippen molar-refractivity contribution in [3.8, 4) is 11.5 Å². The molecule has 0 aliphatic heterocycles. The molecule has 106 valence electrons. The van der Waals surface area contributed by atoms with Gasteiger partial charge in [-0.25, -0.2) is 0 Å². The van der Waals surface area contributed by atoms with E-state index in [9.17, 15) is 5.11 Å². The van der Waals surface area contributed by atoms with E-state index >= 15 is 0 Å². The molecule has 0 amide bonds. The fraction of sp³-hybridized carbons (Fsp3) is 0.200. The van der Waals surface area contributed by atoms with Crippen molar-refractivity contribution in [3.05, 3.63) is 51.0 Å². The molecule has 0 aliphatic rings. The number of hydrogen-bond acceptors (Lipinski definition) is 3. The Morgan fingerprint density at radius 1 is 1.30 bits per heavy atom. The Bertz CT molecular complexity index is 632. The number of nitrogens with one attached hydrogen (secondary N) is 1. The van der Waals surface area contributed by atoms with Crippen LogP contribution in [0.25, 0.3) is 0 Å². The van der Waals surface area contributed by atoms with Gasteiger partial charge in [-0.05, 0) is 58.2 Å². The van der Waals surface area contributed by atoms with Gasteiger partial charge in [-0.2, -0.15) is 0 Å². The first-order valence-electron chi connectivity index (χ1n) is 6.06. The van der Waals surface area contributed by atoms with E-state index in [1.165, 1.54) is 7.11 Å². The number of methoxy groups -OCH3 is 1. The standard InChI is InChI=1S/C15H15BrClNO2/c1-9-5-11(16)13(7-12(9)17)18-8-10-3-4-14(19)15(6-10)20-2/h3-7,18-19H,8H2,1-2H3. The molecule has 0 heterocycles. The molecular formula is C15H15BrClNO2. The molecule has 0 aromatic heterocycles. The molecule has 5 heteroatoms. The zero-order chi connectivity index (χ0) is 14.7. The van der Waals surface area contributed by atoms with Gasteiger partial charge >= 0.3 is 0 Å². The predicted molar refractivity (Wildman–Crippen MR) is 85.9 cm³/mol. The Morgan fingerprint density at radius 2 is 2.05 bits per heavy atom. The first-order chi connectivity index (χ1) is 9.51. The van der Waals surface area contributed by atoms with Crippen LogP contribution >= 0.6 is 27.5 Å². The van der Waals surface area contributed by atoms with E-state index < -0.39 is 0 Å². The van der Waals surface area contributed by atoms with Gasteiger partial charge in [0, 0.05) is 16.0 Å². The monoisotopic (exact) mass is 355 g/mol. The highest BCUT2D eigenvalue weighted by atomic mass is 79.9. The molecule has 3 nitrogen and oxygen atoms in total. The van der Waals surface area contributed by atoms with E-state index in [1.807, 2.05) is 25.1 Å². The van der Waals surface area contributed by atoms with Crippen molar-refractivity contribution in [1.29, 1.82) is 0 Å². The third-order valence-electron chi connectivity index (χ3n) is 2.98. The lowest BCUT2D eigenvalue weighted by Gasteiger charge is -2.12. The summed E-state index contributed by atoms with van der Waals surface area (Å²) in [6, 6.07) is 9.12. The summed E-state index contributed by atoms with van der Waals surface area (Å²) in [7, 11) is 1.53. The average molecular weight is 357 g/mol. The molecule has 2 rings (SSSR count). The highest BCUT2D eigenvalue weighted by Crippen LogP contribution is 2.30. The number of ether oxygens (including phenoxy) is 1. The van der Waals surface area contributed by atoms with Gasteiger partial charge < -0.3 is 15.2 Å². The Kier molecular flexibility index (Phi) is 4.78. The van der Waals surface area contributed by atoms with Crippen LogP contribution in [-0.2, 0) is 6.54 Å². The molecule has 2 N–H and O–H groups in total. The maximum atomic E-state index is 9.56. The molecule has 0 atom stereocenters. The van der Waals surface area contributed by atoms with Gasteiger partial charge in [-0.1, -0.05) is 17.7 Å². The maximum Gasteiger partial charge on any atom is 0.160 e.